The minimum absolute atomic E-state index is 0.127. The summed E-state index contributed by atoms with van der Waals surface area (Å²) in [4.78, 5) is 19.9. The Morgan fingerprint density at radius 1 is 1.17 bits per heavy atom. The highest BCUT2D eigenvalue weighted by Crippen LogP contribution is 2.18. The molecule has 1 heterocycles. The Kier molecular flexibility index (Phi) is 4.91. The number of nitrogens with one attached hydrogen (secondary N) is 2. The second-order valence-electron chi connectivity index (χ2n) is 5.41. The smallest absolute Gasteiger partial charge is 0.251 e. The van der Waals surface area contributed by atoms with Crippen molar-refractivity contribution >= 4 is 5.91 Å². The molecule has 0 aliphatic heterocycles. The van der Waals surface area contributed by atoms with Gasteiger partial charge in [0.2, 0.25) is 0 Å². The van der Waals surface area contributed by atoms with Gasteiger partial charge < -0.3 is 15.0 Å². The Morgan fingerprint density at radius 3 is 2.54 bits per heavy atom. The van der Waals surface area contributed by atoms with E-state index in [1.54, 1.807) is 43.8 Å². The maximum absolute atomic E-state index is 12.6. The van der Waals surface area contributed by atoms with E-state index in [0.717, 1.165) is 17.1 Å². The number of carbonyl (C=O) groups excluding carboxylic acids is 1. The number of rotatable bonds is 6. The maximum atomic E-state index is 12.6. The molecule has 3 aromatic rings. The number of methoxy groups -OCH3 is 1. The van der Waals surface area contributed by atoms with E-state index in [0.29, 0.717) is 12.0 Å². The summed E-state index contributed by atoms with van der Waals surface area (Å²) < 4.78 is 5.13. The maximum Gasteiger partial charge on any atom is 0.251 e. The molecule has 1 aromatic heterocycles. The van der Waals surface area contributed by atoms with Crippen LogP contribution < -0.4 is 10.1 Å². The van der Waals surface area contributed by atoms with Crippen LogP contribution in [0.1, 0.15) is 27.8 Å². The molecule has 1 atom stereocenters. The normalized spacial score (nSPS) is 11.7. The van der Waals surface area contributed by atoms with Gasteiger partial charge in [0.05, 0.1) is 13.2 Å². The van der Waals surface area contributed by atoms with Gasteiger partial charge in [0.25, 0.3) is 5.91 Å². The Balaban J connectivity index is 1.78. The highest BCUT2D eigenvalue weighted by Gasteiger charge is 2.17. The van der Waals surface area contributed by atoms with Gasteiger partial charge in [-0.1, -0.05) is 30.3 Å². The topological polar surface area (TPSA) is 67.0 Å². The molecule has 0 spiro atoms. The van der Waals surface area contributed by atoms with Gasteiger partial charge in [-0.25, -0.2) is 4.98 Å². The number of carbonyl (C=O) groups is 1. The van der Waals surface area contributed by atoms with E-state index < -0.39 is 0 Å². The summed E-state index contributed by atoms with van der Waals surface area (Å²) in [5.41, 5.74) is 1.63. The molecule has 0 saturated carbocycles. The molecule has 24 heavy (non-hydrogen) atoms. The number of H-pyrrole nitrogens is 1. The quantitative estimate of drug-likeness (QED) is 0.733. The molecule has 5 heteroatoms. The van der Waals surface area contributed by atoms with Crippen molar-refractivity contribution < 1.29 is 9.53 Å². The van der Waals surface area contributed by atoms with E-state index in [-0.39, 0.29) is 11.9 Å². The summed E-state index contributed by atoms with van der Waals surface area (Å²) in [7, 11) is 1.60. The highest BCUT2D eigenvalue weighted by atomic mass is 16.5. The molecule has 5 nitrogen and oxygen atoms in total. The average molecular weight is 321 g/mol. The van der Waals surface area contributed by atoms with Crippen molar-refractivity contribution in [3.8, 4) is 5.75 Å². The van der Waals surface area contributed by atoms with E-state index in [1.807, 2.05) is 30.3 Å². The Morgan fingerprint density at radius 2 is 1.92 bits per heavy atom. The van der Waals surface area contributed by atoms with Crippen molar-refractivity contribution in [2.24, 2.45) is 0 Å². The lowest BCUT2D eigenvalue weighted by molar-refractivity contribution is 0.0936. The predicted octanol–water partition coefficient (Wildman–Crippen LogP) is 3.13. The molecule has 0 fully saturated rings. The predicted molar refractivity (Wildman–Crippen MR) is 91.9 cm³/mol. The number of nitrogens with zero attached hydrogens (tertiary/aromatic N) is 1. The molecular weight excluding hydrogens is 302 g/mol. The molecule has 0 aliphatic carbocycles. The zero-order chi connectivity index (χ0) is 16.8. The third-order valence-corrected chi connectivity index (χ3v) is 3.81. The minimum Gasteiger partial charge on any atom is -0.497 e. The standard InChI is InChI=1S/C19H19N3O2/c1-24-16-9-7-15(8-10-16)19(23)22-17(13-18-20-11-12-21-18)14-5-3-2-4-6-14/h2-12,17H,13H2,1H3,(H,20,21)(H,22,23)/t17-/m1/s1. The van der Waals surface area contributed by atoms with E-state index in [1.165, 1.54) is 0 Å². The van der Waals surface area contributed by atoms with Crippen molar-refractivity contribution in [2.45, 2.75) is 12.5 Å². The summed E-state index contributed by atoms with van der Waals surface area (Å²) in [6.45, 7) is 0. The molecule has 0 radical (unpaired) electrons. The first-order valence-electron chi connectivity index (χ1n) is 7.74. The number of amides is 1. The van der Waals surface area contributed by atoms with Crippen molar-refractivity contribution in [1.29, 1.82) is 0 Å². The highest BCUT2D eigenvalue weighted by molar-refractivity contribution is 5.94. The first-order chi connectivity index (χ1) is 11.8. The molecule has 2 N–H and O–H groups in total. The molecule has 0 saturated heterocycles. The van der Waals surface area contributed by atoms with E-state index in [9.17, 15) is 4.79 Å². The van der Waals surface area contributed by atoms with Gasteiger partial charge in [0.15, 0.2) is 0 Å². The van der Waals surface area contributed by atoms with Crippen LogP contribution in [0.2, 0.25) is 0 Å². The monoisotopic (exact) mass is 321 g/mol. The van der Waals surface area contributed by atoms with Gasteiger partial charge in [-0.05, 0) is 29.8 Å². The van der Waals surface area contributed by atoms with Crippen molar-refractivity contribution in [3.05, 3.63) is 83.9 Å². The fourth-order valence-corrected chi connectivity index (χ4v) is 2.52. The van der Waals surface area contributed by atoms with Crippen molar-refractivity contribution in [2.75, 3.05) is 7.11 Å². The number of hydrogen-bond donors (Lipinski definition) is 2. The molecular formula is C19H19N3O2. The number of ether oxygens (including phenoxy) is 1. The van der Waals surface area contributed by atoms with Crippen LogP contribution in [0, 0.1) is 0 Å². The minimum atomic E-state index is -0.160. The molecule has 0 unspecified atom stereocenters. The molecule has 122 valence electrons. The number of hydrogen-bond acceptors (Lipinski definition) is 3. The SMILES string of the molecule is COc1ccc(C(=O)N[C@H](Cc2ncc[nH]2)c2ccccc2)cc1. The fraction of sp³-hybridized carbons (Fsp3) is 0.158. The fourth-order valence-electron chi connectivity index (χ4n) is 2.52. The van der Waals surface area contributed by atoms with Crippen LogP contribution in [0.5, 0.6) is 5.75 Å². The Labute approximate surface area is 140 Å². The third-order valence-electron chi connectivity index (χ3n) is 3.81. The van der Waals surface area contributed by atoms with Gasteiger partial charge >= 0.3 is 0 Å². The second kappa shape index (κ2) is 7.46. The van der Waals surface area contributed by atoms with Crippen LogP contribution in [0.25, 0.3) is 0 Å². The van der Waals surface area contributed by atoms with Crippen molar-refractivity contribution in [3.63, 3.8) is 0 Å². The van der Waals surface area contributed by atoms with Gasteiger partial charge in [0, 0.05) is 24.4 Å². The summed E-state index contributed by atoms with van der Waals surface area (Å²) in [6, 6.07) is 16.8. The number of aromatic nitrogens is 2. The van der Waals surface area contributed by atoms with Crippen LogP contribution in [-0.2, 0) is 6.42 Å². The lowest BCUT2D eigenvalue weighted by atomic mass is 10.0. The first kappa shape index (κ1) is 15.8. The van der Waals surface area contributed by atoms with Gasteiger partial charge in [0.1, 0.15) is 11.6 Å². The van der Waals surface area contributed by atoms with Gasteiger partial charge in [-0.2, -0.15) is 0 Å². The van der Waals surface area contributed by atoms with Crippen molar-refractivity contribution in [1.82, 2.24) is 15.3 Å². The molecule has 0 bridgehead atoms. The van der Waals surface area contributed by atoms with E-state index >= 15 is 0 Å². The molecule has 3 rings (SSSR count). The summed E-state index contributed by atoms with van der Waals surface area (Å²) >= 11 is 0. The number of aromatic amines is 1. The van der Waals surface area contributed by atoms with Crippen LogP contribution in [-0.4, -0.2) is 23.0 Å². The summed E-state index contributed by atoms with van der Waals surface area (Å²) in [5.74, 6) is 1.43. The van der Waals surface area contributed by atoms with Crippen LogP contribution in [0.15, 0.2) is 67.0 Å². The number of benzene rings is 2. The third kappa shape index (κ3) is 3.81. The average Bonchev–Trinajstić information content (AvgIpc) is 3.15. The van der Waals surface area contributed by atoms with Gasteiger partial charge in [-0.3, -0.25) is 4.79 Å². The summed E-state index contributed by atoms with van der Waals surface area (Å²) in [6.07, 6.45) is 4.09. The molecule has 0 aliphatic rings. The van der Waals surface area contributed by atoms with Crippen LogP contribution in [0.4, 0.5) is 0 Å². The lowest BCUT2D eigenvalue weighted by Crippen LogP contribution is -2.30. The second-order valence-corrected chi connectivity index (χ2v) is 5.41. The number of imidazole rings is 1. The zero-order valence-corrected chi connectivity index (χ0v) is 13.4. The van der Waals surface area contributed by atoms with Gasteiger partial charge in [-0.15, -0.1) is 0 Å². The van der Waals surface area contributed by atoms with Crippen LogP contribution in [0.3, 0.4) is 0 Å². The molecule has 2 aromatic carbocycles. The Hall–Kier alpha value is -3.08. The summed E-state index contributed by atoms with van der Waals surface area (Å²) in [5, 5.41) is 3.09. The van der Waals surface area contributed by atoms with E-state index in [4.69, 9.17) is 4.74 Å². The first-order valence-corrected chi connectivity index (χ1v) is 7.74. The largest absolute Gasteiger partial charge is 0.497 e. The zero-order valence-electron chi connectivity index (χ0n) is 13.4. The lowest BCUT2D eigenvalue weighted by Gasteiger charge is -2.18. The van der Waals surface area contributed by atoms with Crippen LogP contribution >= 0.6 is 0 Å². The molecule has 1 amide bonds. The Bertz CT molecular complexity index is 768. The van der Waals surface area contributed by atoms with E-state index in [2.05, 4.69) is 15.3 Å².